The number of carbonyl (C=O) groups is 9. The molecule has 0 aromatic rings. The molecule has 9 atom stereocenters. The normalized spacial score (nSPS) is 20.1. The average molecular weight is 1630 g/mol. The van der Waals surface area contributed by atoms with Crippen LogP contribution in [0.4, 0.5) is 9.59 Å². The zero-order valence-corrected chi connectivity index (χ0v) is 74.6. The van der Waals surface area contributed by atoms with Crippen molar-refractivity contribution in [3.8, 4) is 0 Å². The number of amides is 4. The minimum Gasteiger partial charge on any atom is -0.462 e. The Labute approximate surface area is 677 Å². The second-order valence-corrected chi connectivity index (χ2v) is 46.2. The molecule has 27 nitrogen and oxygen atoms in total. The first-order valence-corrected chi connectivity index (χ1v) is 45.7. The summed E-state index contributed by atoms with van der Waals surface area (Å²) in [5, 5.41) is 22.6. The van der Waals surface area contributed by atoms with E-state index in [1.54, 1.807) is 34.6 Å². The van der Waals surface area contributed by atoms with Crippen molar-refractivity contribution in [2.45, 2.75) is 286 Å². The molecule has 2 aliphatic rings. The number of aliphatic hydroxyl groups is 1. The lowest BCUT2D eigenvalue weighted by Gasteiger charge is -2.48. The average Bonchev–Trinajstić information content (AvgIpc) is 0.824. The van der Waals surface area contributed by atoms with Gasteiger partial charge in [-0.2, -0.15) is 0 Å². The van der Waals surface area contributed by atoms with E-state index in [9.17, 15) is 48.3 Å². The molecule has 113 heavy (non-hydrogen) atoms. The first-order valence-electron chi connectivity index (χ1n) is 39.6. The quantitative estimate of drug-likeness (QED) is 0.00943. The second kappa shape index (κ2) is 44.7. The highest BCUT2D eigenvalue weighted by Gasteiger charge is 2.49. The van der Waals surface area contributed by atoms with Gasteiger partial charge >= 0.3 is 42.0 Å². The van der Waals surface area contributed by atoms with Crippen molar-refractivity contribution < 1.29 is 109 Å². The minimum atomic E-state index is -2.12. The molecule has 29 heteroatoms. The molecule has 646 valence electrons. The van der Waals surface area contributed by atoms with Crippen molar-refractivity contribution >= 4 is 70.5 Å². The number of esters is 5. The van der Waals surface area contributed by atoms with E-state index in [0.717, 1.165) is 87.4 Å². The highest BCUT2D eigenvalue weighted by molar-refractivity contribution is 6.85. The summed E-state index contributed by atoms with van der Waals surface area (Å²) in [4.78, 5) is 116. The van der Waals surface area contributed by atoms with Gasteiger partial charge in [-0.25, -0.2) is 33.6 Å². The Kier molecular flexibility index (Phi) is 40.5. The van der Waals surface area contributed by atoms with Gasteiger partial charge in [0, 0.05) is 61.0 Å². The molecule has 2 aliphatic carbocycles. The Morgan fingerprint density at radius 3 is 1.50 bits per heavy atom. The van der Waals surface area contributed by atoms with Crippen molar-refractivity contribution in [2.75, 3.05) is 79.2 Å². The maximum absolute atomic E-state index is 14.2. The Bertz CT molecular complexity index is 3120. The molecule has 5 N–H and O–H groups in total. The van der Waals surface area contributed by atoms with E-state index >= 15 is 0 Å². The Morgan fingerprint density at radius 2 is 1.02 bits per heavy atom. The molecule has 9 unspecified atom stereocenters. The third-order valence-electron chi connectivity index (χ3n) is 21.3. The van der Waals surface area contributed by atoms with Gasteiger partial charge in [-0.15, -0.1) is 0 Å². The lowest BCUT2D eigenvalue weighted by Crippen LogP contribution is -2.59. The topological polar surface area (TPSA) is 342 Å². The van der Waals surface area contributed by atoms with Crippen LogP contribution in [0.15, 0.2) is 75.9 Å². The third kappa shape index (κ3) is 38.4. The van der Waals surface area contributed by atoms with Crippen LogP contribution in [-0.4, -0.2) is 207 Å². The summed E-state index contributed by atoms with van der Waals surface area (Å²) in [6, 6.07) is 0.665. The summed E-state index contributed by atoms with van der Waals surface area (Å²) in [6.07, 6.45) is 11.2. The largest absolute Gasteiger partial charge is 0.462 e. The third-order valence-corrected chi connectivity index (χ3v) is 29.9. The molecule has 2 fully saturated rings. The van der Waals surface area contributed by atoms with Crippen LogP contribution in [0, 0.1) is 38.9 Å². The molecule has 0 aliphatic heterocycles. The van der Waals surface area contributed by atoms with Gasteiger partial charge in [0.05, 0.1) is 55.6 Å². The fraction of sp³-hybridized carbons (Fsp3) is 0.750. The number of carbonyl (C=O) groups excluding carboxylic acids is 9. The van der Waals surface area contributed by atoms with Crippen LogP contribution >= 0.6 is 0 Å². The lowest BCUT2D eigenvalue weighted by atomic mass is 9.62. The number of hydrogen-bond donors (Lipinski definition) is 5. The van der Waals surface area contributed by atoms with Crippen LogP contribution in [0.2, 0.25) is 37.8 Å². The van der Waals surface area contributed by atoms with E-state index in [1.807, 2.05) is 34.6 Å². The maximum atomic E-state index is 14.2. The molecule has 0 heterocycles. The molecule has 0 saturated heterocycles. The van der Waals surface area contributed by atoms with Gasteiger partial charge in [-0.05, 0) is 194 Å². The number of hydrogen-bond acceptors (Lipinski definition) is 23. The summed E-state index contributed by atoms with van der Waals surface area (Å²) in [5.74, 6) is -4.92. The Balaban J connectivity index is 1.89. The number of rotatable bonds is 53. The van der Waals surface area contributed by atoms with Crippen LogP contribution in [-0.2, 0) is 94.5 Å². The van der Waals surface area contributed by atoms with Crippen LogP contribution in [0.3, 0.4) is 0 Å². The van der Waals surface area contributed by atoms with E-state index in [1.165, 1.54) is 0 Å². The van der Waals surface area contributed by atoms with Crippen molar-refractivity contribution in [1.29, 1.82) is 0 Å². The standard InChI is InChI=1S/C84H144N4O23Si2/c1-29-65(89)100-51-83(52-101-66(90)30-2,53-102-67(91)31-3)57-107-79(19,20)71(95)87-64-43-76(13,14)48-81(23,44-64)50-86-73(97)109-61(9)47-99-60(8)37-36-40-112(25,26)111-113(27,28)62(10)38-35-39-77(15,16)106-46-59(7)78(17,18)110-74(98)85-45-63-41-75(11,12)49-82(24,42-63)88-72(96)80(21,22)108-58-84(54-103-68(92)32-4,55-104-69(93)33-5)56-105-70(94)34-6/h29-34,59-64,68,92H,1-6,35-58H2,7-28H3,(H,85,98)(H,86,97)(H,87,95)(H,88,96). The van der Waals surface area contributed by atoms with E-state index in [2.05, 4.69) is 142 Å². The van der Waals surface area contributed by atoms with Crippen molar-refractivity contribution in [1.82, 2.24) is 21.3 Å². The van der Waals surface area contributed by atoms with Gasteiger partial charge in [0.1, 0.15) is 55.9 Å². The number of nitrogens with one attached hydrogen (secondary N) is 4. The molecule has 0 aromatic carbocycles. The van der Waals surface area contributed by atoms with Gasteiger partial charge in [-0.1, -0.05) is 107 Å². The molecule has 0 radical (unpaired) electrons. The highest BCUT2D eigenvalue weighted by Crippen LogP contribution is 2.47. The monoisotopic (exact) mass is 1630 g/mol. The molecule has 0 bridgehead atoms. The van der Waals surface area contributed by atoms with Crippen LogP contribution in [0.25, 0.3) is 0 Å². The predicted octanol–water partition coefficient (Wildman–Crippen LogP) is 13.3. The SMILES string of the molecule is C=CC(=O)OCC(COC(=O)C=C)(COC(=O)C=C)COC(C)(C)C(=O)NC1CC(C)(C)CC(C)(CNC(=O)OC(C)COC(C)CCC[Si](C)(C)O[Si](C)(C)C(C)CCCC(C)(C)OCC(C)C(C)(C)OC(=O)NCC2CC(C)(C)CC(C)(NC(=O)C(C)(C)OCC(COC(=O)C=C)(COC(=O)C=C)COC(O)C=C)C2)C1. The lowest BCUT2D eigenvalue weighted by molar-refractivity contribution is -0.180. The zero-order chi connectivity index (χ0) is 86.5. The molecular weight excluding hydrogens is 1490 g/mol. The molecule has 4 amide bonds. The van der Waals surface area contributed by atoms with Crippen molar-refractivity contribution in [3.63, 3.8) is 0 Å². The van der Waals surface area contributed by atoms with Crippen LogP contribution in [0.5, 0.6) is 0 Å². The van der Waals surface area contributed by atoms with Crippen LogP contribution < -0.4 is 21.3 Å². The molecule has 0 spiro atoms. The fourth-order valence-corrected chi connectivity index (χ4v) is 23.5. The summed E-state index contributed by atoms with van der Waals surface area (Å²) >= 11 is 0. The summed E-state index contributed by atoms with van der Waals surface area (Å²) in [6.45, 7) is 63.1. The van der Waals surface area contributed by atoms with E-state index < -0.39 is 147 Å². The molecule has 2 saturated carbocycles. The Hall–Kier alpha value is -6.58. The summed E-state index contributed by atoms with van der Waals surface area (Å²) < 4.78 is 76.5. The Morgan fingerprint density at radius 1 is 0.540 bits per heavy atom. The van der Waals surface area contributed by atoms with E-state index in [4.69, 9.17) is 61.0 Å². The van der Waals surface area contributed by atoms with E-state index in [-0.39, 0.29) is 81.0 Å². The second-order valence-electron chi connectivity index (χ2n) is 37.2. The highest BCUT2D eigenvalue weighted by atomic mass is 28.4. The first-order chi connectivity index (χ1) is 51.9. The van der Waals surface area contributed by atoms with Crippen molar-refractivity contribution in [2.24, 2.45) is 38.9 Å². The smallest absolute Gasteiger partial charge is 0.407 e. The molecule has 0 aromatic heterocycles. The summed E-state index contributed by atoms with van der Waals surface area (Å²) in [7, 11) is -4.19. The maximum Gasteiger partial charge on any atom is 0.407 e. The fourth-order valence-electron chi connectivity index (χ4n) is 14.6. The number of alkyl carbamates (subject to hydrolysis) is 2. The van der Waals surface area contributed by atoms with Crippen LogP contribution in [0.1, 0.15) is 195 Å². The molecule has 2 rings (SSSR count). The first kappa shape index (κ1) is 102. The summed E-state index contributed by atoms with van der Waals surface area (Å²) in [5.41, 5.74) is -8.31. The predicted molar refractivity (Wildman–Crippen MR) is 439 cm³/mol. The molecular formula is C84H144N4O23Si2. The van der Waals surface area contributed by atoms with Gasteiger partial charge in [0.2, 0.25) is 0 Å². The van der Waals surface area contributed by atoms with E-state index in [0.29, 0.717) is 44.4 Å². The van der Waals surface area contributed by atoms with Gasteiger partial charge in [0.25, 0.3) is 11.8 Å². The number of aliphatic hydroxyl groups excluding tert-OH is 1. The van der Waals surface area contributed by atoms with Gasteiger partial charge < -0.3 is 87.3 Å². The zero-order valence-electron chi connectivity index (χ0n) is 72.6. The van der Waals surface area contributed by atoms with Crippen molar-refractivity contribution in [3.05, 3.63) is 75.9 Å². The number of ether oxygens (including phenoxy) is 12. The van der Waals surface area contributed by atoms with Gasteiger partial charge in [-0.3, -0.25) is 9.59 Å². The van der Waals surface area contributed by atoms with Gasteiger partial charge in [0.15, 0.2) is 22.9 Å². The minimum absolute atomic E-state index is 0.0293.